The van der Waals surface area contributed by atoms with Gasteiger partial charge in [0.1, 0.15) is 10.6 Å². The van der Waals surface area contributed by atoms with Crippen LogP contribution in [0.3, 0.4) is 0 Å². The van der Waals surface area contributed by atoms with E-state index in [1.54, 1.807) is 36.4 Å². The first-order chi connectivity index (χ1) is 9.47. The van der Waals surface area contributed by atoms with Gasteiger partial charge in [0, 0.05) is 0 Å². The summed E-state index contributed by atoms with van der Waals surface area (Å²) >= 11 is 6.05. The number of sulfonamides is 1. The van der Waals surface area contributed by atoms with E-state index in [-0.39, 0.29) is 16.5 Å². The van der Waals surface area contributed by atoms with Crippen molar-refractivity contribution in [2.45, 2.75) is 11.8 Å². The molecule has 0 saturated carbocycles. The minimum Gasteiger partial charge on any atom is -0.436 e. The lowest BCUT2D eigenvalue weighted by molar-refractivity contribution is 0.518. The molecule has 1 heterocycles. The third-order valence-corrected chi connectivity index (χ3v) is 4.50. The lowest BCUT2D eigenvalue weighted by Gasteiger charge is -2.17. The summed E-state index contributed by atoms with van der Waals surface area (Å²) in [7, 11) is -3.77. The Morgan fingerprint density at radius 3 is 2.65 bits per heavy atom. The van der Waals surface area contributed by atoms with E-state index >= 15 is 0 Å². The van der Waals surface area contributed by atoms with Crippen molar-refractivity contribution in [3.05, 3.63) is 58.6 Å². The van der Waals surface area contributed by atoms with Crippen LogP contribution in [0.4, 0.5) is 0 Å². The monoisotopic (exact) mass is 307 g/mol. The molecule has 1 aliphatic heterocycles. The highest BCUT2D eigenvalue weighted by atomic mass is 35.5. The highest BCUT2D eigenvalue weighted by Crippen LogP contribution is 2.32. The number of benzene rings is 2. The Labute approximate surface area is 121 Å². The third-order valence-electron chi connectivity index (χ3n) is 2.89. The number of rotatable bonds is 1. The number of hydrogen-bond acceptors (Lipinski definition) is 3. The third kappa shape index (κ3) is 2.19. The molecular formula is C14H10ClNO3S. The zero-order chi connectivity index (χ0) is 14.3. The maximum atomic E-state index is 12.2. The molecular weight excluding hydrogens is 298 g/mol. The predicted octanol–water partition coefficient (Wildman–Crippen LogP) is 3.18. The van der Waals surface area contributed by atoms with Crippen molar-refractivity contribution >= 4 is 27.5 Å². The summed E-state index contributed by atoms with van der Waals surface area (Å²) in [6.07, 6.45) is 0. The van der Waals surface area contributed by atoms with Gasteiger partial charge in [-0.05, 0) is 36.8 Å². The van der Waals surface area contributed by atoms with Gasteiger partial charge in [-0.3, -0.25) is 0 Å². The van der Waals surface area contributed by atoms with Gasteiger partial charge in [0.2, 0.25) is 5.90 Å². The van der Waals surface area contributed by atoms with Crippen LogP contribution >= 0.6 is 11.6 Å². The van der Waals surface area contributed by atoms with Crippen molar-refractivity contribution in [3.8, 4) is 5.75 Å². The van der Waals surface area contributed by atoms with Gasteiger partial charge in [-0.1, -0.05) is 29.8 Å². The van der Waals surface area contributed by atoms with E-state index in [1.807, 2.05) is 6.92 Å². The van der Waals surface area contributed by atoms with Crippen molar-refractivity contribution in [2.24, 2.45) is 4.40 Å². The van der Waals surface area contributed by atoms with Gasteiger partial charge in [0.15, 0.2) is 0 Å². The molecule has 0 aliphatic carbocycles. The van der Waals surface area contributed by atoms with E-state index in [1.165, 1.54) is 6.07 Å². The van der Waals surface area contributed by atoms with Gasteiger partial charge in [-0.15, -0.1) is 4.40 Å². The van der Waals surface area contributed by atoms with Crippen LogP contribution in [0.2, 0.25) is 5.02 Å². The minimum atomic E-state index is -3.77. The van der Waals surface area contributed by atoms with Gasteiger partial charge < -0.3 is 4.74 Å². The molecule has 102 valence electrons. The van der Waals surface area contributed by atoms with E-state index in [0.29, 0.717) is 10.6 Å². The van der Waals surface area contributed by atoms with E-state index in [9.17, 15) is 8.42 Å². The second-order valence-corrected chi connectivity index (χ2v) is 6.38. The van der Waals surface area contributed by atoms with Crippen LogP contribution in [-0.2, 0) is 10.0 Å². The van der Waals surface area contributed by atoms with E-state index < -0.39 is 10.0 Å². The molecule has 4 nitrogen and oxygen atoms in total. The van der Waals surface area contributed by atoms with Gasteiger partial charge in [-0.25, -0.2) is 0 Å². The maximum absolute atomic E-state index is 12.2. The molecule has 1 aliphatic rings. The van der Waals surface area contributed by atoms with E-state index in [4.69, 9.17) is 16.3 Å². The van der Waals surface area contributed by atoms with Gasteiger partial charge in [0.25, 0.3) is 10.0 Å². The van der Waals surface area contributed by atoms with E-state index in [2.05, 4.69) is 4.40 Å². The molecule has 0 unspecified atom stereocenters. The first-order valence-corrected chi connectivity index (χ1v) is 7.67. The topological polar surface area (TPSA) is 55.7 Å². The molecule has 0 atom stereocenters. The second kappa shape index (κ2) is 4.61. The van der Waals surface area contributed by atoms with Crippen LogP contribution in [0.25, 0.3) is 0 Å². The second-order valence-electron chi connectivity index (χ2n) is 4.40. The Morgan fingerprint density at radius 2 is 1.90 bits per heavy atom. The number of nitrogens with zero attached hydrogens (tertiary/aromatic N) is 1. The molecule has 0 bridgehead atoms. The summed E-state index contributed by atoms with van der Waals surface area (Å²) in [5.41, 5.74) is 1.27. The fourth-order valence-electron chi connectivity index (χ4n) is 1.92. The largest absolute Gasteiger partial charge is 0.436 e. The molecule has 0 fully saturated rings. The molecule has 0 amide bonds. The van der Waals surface area contributed by atoms with Crippen LogP contribution in [-0.4, -0.2) is 14.3 Å². The Bertz CT molecular complexity index is 828. The summed E-state index contributed by atoms with van der Waals surface area (Å²) in [5.74, 6) is 0.257. The molecule has 20 heavy (non-hydrogen) atoms. The summed E-state index contributed by atoms with van der Waals surface area (Å²) in [4.78, 5) is 0.0771. The Balaban J connectivity index is 2.18. The van der Waals surface area contributed by atoms with Gasteiger partial charge >= 0.3 is 0 Å². The predicted molar refractivity (Wildman–Crippen MR) is 77.0 cm³/mol. The zero-order valence-electron chi connectivity index (χ0n) is 10.5. The normalized spacial score (nSPS) is 16.0. The van der Waals surface area contributed by atoms with Crippen molar-refractivity contribution in [1.82, 2.24) is 0 Å². The smallest absolute Gasteiger partial charge is 0.289 e. The minimum absolute atomic E-state index is 0.00745. The zero-order valence-corrected chi connectivity index (χ0v) is 12.1. The van der Waals surface area contributed by atoms with Crippen molar-refractivity contribution in [2.75, 3.05) is 0 Å². The molecule has 0 radical (unpaired) electrons. The summed E-state index contributed by atoms with van der Waals surface area (Å²) < 4.78 is 33.7. The number of aryl methyl sites for hydroxylation is 1. The first kappa shape index (κ1) is 13.1. The van der Waals surface area contributed by atoms with Gasteiger partial charge in [0.05, 0.1) is 10.6 Å². The van der Waals surface area contributed by atoms with Crippen LogP contribution in [0, 0.1) is 6.92 Å². The SMILES string of the molecule is Cc1ccc2c(c1)S(=O)(=O)N=C(c1ccccc1Cl)O2. The first-order valence-electron chi connectivity index (χ1n) is 5.86. The average molecular weight is 308 g/mol. The molecule has 2 aromatic carbocycles. The van der Waals surface area contributed by atoms with E-state index in [0.717, 1.165) is 5.56 Å². The molecule has 0 saturated heterocycles. The summed E-state index contributed by atoms with van der Waals surface area (Å²) in [5, 5.41) is 0.386. The average Bonchev–Trinajstić information content (AvgIpc) is 2.39. The van der Waals surface area contributed by atoms with Crippen LogP contribution in [0.15, 0.2) is 51.8 Å². The standard InChI is InChI=1S/C14H10ClNO3S/c1-9-6-7-12-13(8-9)20(17,18)16-14(19-12)10-4-2-3-5-11(10)15/h2-8H,1H3. The number of halogens is 1. The highest BCUT2D eigenvalue weighted by Gasteiger charge is 2.28. The maximum Gasteiger partial charge on any atom is 0.289 e. The Hall–Kier alpha value is -1.85. The number of fused-ring (bicyclic) bond motifs is 1. The Kier molecular flexibility index (Phi) is 3.03. The van der Waals surface area contributed by atoms with Crippen molar-refractivity contribution in [1.29, 1.82) is 0 Å². The molecule has 0 N–H and O–H groups in total. The summed E-state index contributed by atoms with van der Waals surface area (Å²) in [6.45, 7) is 1.81. The fourth-order valence-corrected chi connectivity index (χ4v) is 3.29. The molecule has 3 rings (SSSR count). The molecule has 6 heteroatoms. The number of hydrogen-bond donors (Lipinski definition) is 0. The molecule has 0 aromatic heterocycles. The van der Waals surface area contributed by atoms with Crippen molar-refractivity contribution < 1.29 is 13.2 Å². The lowest BCUT2D eigenvalue weighted by Crippen LogP contribution is -2.20. The van der Waals surface area contributed by atoms with Crippen LogP contribution in [0.1, 0.15) is 11.1 Å². The Morgan fingerprint density at radius 1 is 1.15 bits per heavy atom. The van der Waals surface area contributed by atoms with Gasteiger partial charge in [-0.2, -0.15) is 8.42 Å². The lowest BCUT2D eigenvalue weighted by atomic mass is 10.2. The summed E-state index contributed by atoms with van der Waals surface area (Å²) in [6, 6.07) is 11.7. The molecule has 2 aromatic rings. The van der Waals surface area contributed by atoms with Crippen molar-refractivity contribution in [3.63, 3.8) is 0 Å². The van der Waals surface area contributed by atoms with Crippen LogP contribution in [0.5, 0.6) is 5.75 Å². The van der Waals surface area contributed by atoms with Crippen LogP contribution < -0.4 is 4.74 Å². The quantitative estimate of drug-likeness (QED) is 0.813. The number of ether oxygens (including phenoxy) is 1. The molecule has 0 spiro atoms. The highest BCUT2D eigenvalue weighted by molar-refractivity contribution is 7.90. The fraction of sp³-hybridized carbons (Fsp3) is 0.0714.